The molecular formula is C13H13F2NO2. The molecule has 1 aliphatic rings. The van der Waals surface area contributed by atoms with Crippen molar-refractivity contribution in [2.75, 3.05) is 6.54 Å². The summed E-state index contributed by atoms with van der Waals surface area (Å²) in [7, 11) is 0. The molecule has 5 heteroatoms. The van der Waals surface area contributed by atoms with Gasteiger partial charge >= 0.3 is 0 Å². The second kappa shape index (κ2) is 4.48. The molecule has 0 unspecified atom stereocenters. The van der Waals surface area contributed by atoms with E-state index < -0.39 is 17.7 Å². The molecule has 0 atom stereocenters. The van der Waals surface area contributed by atoms with Crippen LogP contribution in [0.5, 0.6) is 0 Å². The van der Waals surface area contributed by atoms with Gasteiger partial charge in [-0.05, 0) is 25.5 Å². The summed E-state index contributed by atoms with van der Waals surface area (Å²) in [6.45, 7) is 0.866. The van der Waals surface area contributed by atoms with Gasteiger partial charge in [-0.1, -0.05) is 12.1 Å². The highest BCUT2D eigenvalue weighted by molar-refractivity contribution is 6.21. The van der Waals surface area contributed by atoms with E-state index in [4.69, 9.17) is 0 Å². The van der Waals surface area contributed by atoms with Crippen molar-refractivity contribution in [2.24, 2.45) is 0 Å². The third-order valence-corrected chi connectivity index (χ3v) is 2.88. The number of carbonyl (C=O) groups excluding carboxylic acids is 2. The minimum Gasteiger partial charge on any atom is -0.274 e. The van der Waals surface area contributed by atoms with E-state index in [0.717, 1.165) is 11.8 Å². The Labute approximate surface area is 103 Å². The van der Waals surface area contributed by atoms with Gasteiger partial charge in [-0.25, -0.2) is 8.78 Å². The maximum absolute atomic E-state index is 12.7. The van der Waals surface area contributed by atoms with Crippen molar-refractivity contribution < 1.29 is 18.4 Å². The minimum absolute atomic E-state index is 0.0375. The molecule has 1 aliphatic heterocycles. The van der Waals surface area contributed by atoms with Crippen LogP contribution in [0.25, 0.3) is 0 Å². The predicted octanol–water partition coefficient (Wildman–Crippen LogP) is 2.72. The Morgan fingerprint density at radius 2 is 1.61 bits per heavy atom. The molecule has 0 aromatic heterocycles. The van der Waals surface area contributed by atoms with E-state index in [9.17, 15) is 18.4 Å². The van der Waals surface area contributed by atoms with Crippen LogP contribution < -0.4 is 0 Å². The van der Waals surface area contributed by atoms with Gasteiger partial charge in [0.15, 0.2) is 0 Å². The molecule has 1 aromatic carbocycles. The summed E-state index contributed by atoms with van der Waals surface area (Å²) in [6.07, 6.45) is -0.227. The first-order valence-corrected chi connectivity index (χ1v) is 5.73. The second-order valence-electron chi connectivity index (χ2n) is 4.48. The first kappa shape index (κ1) is 12.7. The average Bonchev–Trinajstić information content (AvgIpc) is 2.53. The first-order valence-electron chi connectivity index (χ1n) is 5.73. The smallest absolute Gasteiger partial charge is 0.261 e. The zero-order chi connectivity index (χ0) is 13.3. The number of hydrogen-bond acceptors (Lipinski definition) is 2. The normalized spacial score (nSPS) is 15.2. The monoisotopic (exact) mass is 253 g/mol. The standard InChI is InChI=1S/C13H13F2NO2/c1-13(14,15)7-4-8-16-11(17)9-5-2-3-6-10(9)12(16)18/h2-3,5-6H,4,7-8H2,1H3. The van der Waals surface area contributed by atoms with Crippen LogP contribution in [-0.4, -0.2) is 29.2 Å². The fourth-order valence-electron chi connectivity index (χ4n) is 1.99. The molecule has 96 valence electrons. The molecule has 0 fully saturated rings. The fraction of sp³-hybridized carbons (Fsp3) is 0.385. The number of carbonyl (C=O) groups is 2. The second-order valence-corrected chi connectivity index (χ2v) is 4.48. The highest BCUT2D eigenvalue weighted by Gasteiger charge is 2.35. The Hall–Kier alpha value is -1.78. The van der Waals surface area contributed by atoms with Crippen LogP contribution in [0.4, 0.5) is 8.78 Å². The average molecular weight is 253 g/mol. The Kier molecular flexibility index (Phi) is 3.15. The summed E-state index contributed by atoms with van der Waals surface area (Å²) in [5.74, 6) is -3.55. The van der Waals surface area contributed by atoms with Gasteiger partial charge in [0.1, 0.15) is 0 Å². The van der Waals surface area contributed by atoms with Crippen LogP contribution in [-0.2, 0) is 0 Å². The number of alkyl halides is 2. The number of imide groups is 1. The van der Waals surface area contributed by atoms with Gasteiger partial charge in [0.25, 0.3) is 11.8 Å². The van der Waals surface area contributed by atoms with E-state index >= 15 is 0 Å². The lowest BCUT2D eigenvalue weighted by Crippen LogP contribution is -2.31. The van der Waals surface area contributed by atoms with E-state index in [1.54, 1.807) is 24.3 Å². The molecule has 0 N–H and O–H groups in total. The quantitative estimate of drug-likeness (QED) is 0.774. The summed E-state index contributed by atoms with van der Waals surface area (Å²) in [6, 6.07) is 6.50. The summed E-state index contributed by atoms with van der Waals surface area (Å²) in [5, 5.41) is 0. The van der Waals surface area contributed by atoms with Gasteiger partial charge in [0, 0.05) is 13.0 Å². The third-order valence-electron chi connectivity index (χ3n) is 2.88. The van der Waals surface area contributed by atoms with Crippen LogP contribution in [0.1, 0.15) is 40.5 Å². The lowest BCUT2D eigenvalue weighted by atomic mass is 10.1. The molecule has 1 aromatic rings. The molecule has 0 aliphatic carbocycles. The number of nitrogens with zero attached hydrogens (tertiary/aromatic N) is 1. The topological polar surface area (TPSA) is 37.4 Å². The van der Waals surface area contributed by atoms with Crippen LogP contribution >= 0.6 is 0 Å². The van der Waals surface area contributed by atoms with E-state index in [2.05, 4.69) is 0 Å². The Morgan fingerprint density at radius 1 is 1.11 bits per heavy atom. The summed E-state index contributed by atoms with van der Waals surface area (Å²) in [5.41, 5.74) is 0.705. The maximum Gasteiger partial charge on any atom is 0.261 e. The van der Waals surface area contributed by atoms with E-state index in [1.807, 2.05) is 0 Å². The van der Waals surface area contributed by atoms with Crippen LogP contribution in [0.2, 0.25) is 0 Å². The van der Waals surface area contributed by atoms with Crippen molar-refractivity contribution in [1.29, 1.82) is 0 Å². The molecular weight excluding hydrogens is 240 g/mol. The fourth-order valence-corrected chi connectivity index (χ4v) is 1.99. The van der Waals surface area contributed by atoms with Crippen molar-refractivity contribution in [2.45, 2.75) is 25.7 Å². The van der Waals surface area contributed by atoms with Crippen molar-refractivity contribution in [3.8, 4) is 0 Å². The highest BCUT2D eigenvalue weighted by Crippen LogP contribution is 2.24. The van der Waals surface area contributed by atoms with Gasteiger partial charge < -0.3 is 0 Å². The molecule has 1 heterocycles. The van der Waals surface area contributed by atoms with Crippen molar-refractivity contribution in [3.63, 3.8) is 0 Å². The van der Waals surface area contributed by atoms with Crippen molar-refractivity contribution >= 4 is 11.8 Å². The van der Waals surface area contributed by atoms with E-state index in [0.29, 0.717) is 11.1 Å². The van der Waals surface area contributed by atoms with Gasteiger partial charge in [-0.3, -0.25) is 14.5 Å². The van der Waals surface area contributed by atoms with E-state index in [1.165, 1.54) is 0 Å². The molecule has 2 amide bonds. The number of benzene rings is 1. The zero-order valence-corrected chi connectivity index (χ0v) is 9.95. The summed E-state index contributed by atoms with van der Waals surface area (Å²) >= 11 is 0. The molecule has 18 heavy (non-hydrogen) atoms. The number of fused-ring (bicyclic) bond motifs is 1. The number of halogens is 2. The molecule has 0 saturated carbocycles. The Bertz CT molecular complexity index is 459. The van der Waals surface area contributed by atoms with Crippen molar-refractivity contribution in [1.82, 2.24) is 4.90 Å². The highest BCUT2D eigenvalue weighted by atomic mass is 19.3. The van der Waals surface area contributed by atoms with Crippen LogP contribution in [0.3, 0.4) is 0 Å². The van der Waals surface area contributed by atoms with Crippen molar-refractivity contribution in [3.05, 3.63) is 35.4 Å². The van der Waals surface area contributed by atoms with Gasteiger partial charge in [0.05, 0.1) is 11.1 Å². The Balaban J connectivity index is 2.05. The molecule has 0 bridgehead atoms. The largest absolute Gasteiger partial charge is 0.274 e. The van der Waals surface area contributed by atoms with Gasteiger partial charge in [-0.15, -0.1) is 0 Å². The molecule has 0 spiro atoms. The number of amides is 2. The molecule has 2 rings (SSSR count). The zero-order valence-electron chi connectivity index (χ0n) is 9.95. The summed E-state index contributed by atoms with van der Waals surface area (Å²) < 4.78 is 25.3. The van der Waals surface area contributed by atoms with E-state index in [-0.39, 0.29) is 19.4 Å². The predicted molar refractivity (Wildman–Crippen MR) is 61.7 cm³/mol. The van der Waals surface area contributed by atoms with Crippen LogP contribution in [0, 0.1) is 0 Å². The van der Waals surface area contributed by atoms with Gasteiger partial charge in [-0.2, -0.15) is 0 Å². The minimum atomic E-state index is -2.77. The molecule has 0 saturated heterocycles. The Morgan fingerprint density at radius 3 is 2.06 bits per heavy atom. The summed E-state index contributed by atoms with van der Waals surface area (Å²) in [4.78, 5) is 24.8. The molecule has 0 radical (unpaired) electrons. The lowest BCUT2D eigenvalue weighted by molar-refractivity contribution is 0.00848. The lowest BCUT2D eigenvalue weighted by Gasteiger charge is -2.15. The maximum atomic E-state index is 12.7. The number of rotatable bonds is 4. The molecule has 3 nitrogen and oxygen atoms in total. The number of hydrogen-bond donors (Lipinski definition) is 0. The SMILES string of the molecule is CC(F)(F)CCCN1C(=O)c2ccccc2C1=O. The third kappa shape index (κ3) is 2.39. The van der Waals surface area contributed by atoms with Crippen LogP contribution in [0.15, 0.2) is 24.3 Å². The van der Waals surface area contributed by atoms with Gasteiger partial charge in [0.2, 0.25) is 5.92 Å². The first-order chi connectivity index (χ1) is 8.40.